The third kappa shape index (κ3) is 3.63. The first-order chi connectivity index (χ1) is 12.7. The number of rotatable bonds is 4. The van der Waals surface area contributed by atoms with Crippen molar-refractivity contribution in [3.8, 4) is 0 Å². The molecule has 1 N–H and O–H groups in total. The van der Waals surface area contributed by atoms with Crippen molar-refractivity contribution in [1.29, 1.82) is 0 Å². The third-order valence-corrected chi connectivity index (χ3v) is 5.33. The van der Waals surface area contributed by atoms with Crippen LogP contribution in [-0.2, 0) is 26.5 Å². The predicted octanol–water partition coefficient (Wildman–Crippen LogP) is 3.05. The van der Waals surface area contributed by atoms with Gasteiger partial charge in [0.15, 0.2) is 5.54 Å². The number of carbonyl (C=O) groups is 1. The largest absolute Gasteiger partial charge is 0.416 e. The monoisotopic (exact) mass is 394 g/mol. The lowest BCUT2D eigenvalue weighted by Gasteiger charge is -2.24. The summed E-state index contributed by atoms with van der Waals surface area (Å²) in [6.07, 6.45) is -0.496. The van der Waals surface area contributed by atoms with Crippen LogP contribution in [0.5, 0.6) is 0 Å². The zero-order chi connectivity index (χ0) is 19.7. The van der Waals surface area contributed by atoms with Gasteiger partial charge in [-0.2, -0.15) is 13.2 Å². The molecule has 1 heterocycles. The van der Waals surface area contributed by atoms with E-state index in [1.165, 1.54) is 42.6 Å². The fourth-order valence-electron chi connectivity index (χ4n) is 2.59. The van der Waals surface area contributed by atoms with Gasteiger partial charge in [-0.1, -0.05) is 30.3 Å². The number of aliphatic imine (C=N–C) groups is 1. The van der Waals surface area contributed by atoms with Crippen molar-refractivity contribution < 1.29 is 26.4 Å². The molecule has 1 aliphatic rings. The molecule has 1 amide bonds. The molecule has 0 saturated carbocycles. The minimum absolute atomic E-state index is 0.112. The van der Waals surface area contributed by atoms with Crippen molar-refractivity contribution in [1.82, 2.24) is 4.72 Å². The number of carbonyl (C=O) groups excluding carboxylic acids is 1. The highest BCUT2D eigenvalue weighted by Gasteiger charge is 2.41. The van der Waals surface area contributed by atoms with Crippen LogP contribution in [0.2, 0.25) is 0 Å². The van der Waals surface area contributed by atoms with Crippen LogP contribution in [0.25, 0.3) is 0 Å². The highest BCUT2D eigenvalue weighted by atomic mass is 32.2. The molecule has 0 spiro atoms. The van der Waals surface area contributed by atoms with Crippen molar-refractivity contribution >= 4 is 22.1 Å². The minimum Gasteiger partial charge on any atom is -0.270 e. The van der Waals surface area contributed by atoms with E-state index in [-0.39, 0.29) is 10.5 Å². The maximum Gasteiger partial charge on any atom is 0.416 e. The summed E-state index contributed by atoms with van der Waals surface area (Å²) in [6.45, 7) is 0. The molecule has 0 saturated heterocycles. The number of amides is 1. The fraction of sp³-hybridized carbons (Fsp3) is 0.111. The van der Waals surface area contributed by atoms with Gasteiger partial charge in [0.25, 0.3) is 15.9 Å². The molecule has 27 heavy (non-hydrogen) atoms. The summed E-state index contributed by atoms with van der Waals surface area (Å²) >= 11 is 0. The summed E-state index contributed by atoms with van der Waals surface area (Å²) < 4.78 is 65.0. The van der Waals surface area contributed by atoms with Crippen LogP contribution in [0.3, 0.4) is 0 Å². The highest BCUT2D eigenvalue weighted by Crippen LogP contribution is 2.34. The number of allylic oxidation sites excluding steroid dienone is 1. The second-order valence-electron chi connectivity index (χ2n) is 5.73. The Hall–Kier alpha value is -2.94. The van der Waals surface area contributed by atoms with Crippen LogP contribution in [0.15, 0.2) is 76.6 Å². The number of alkyl halides is 3. The second kappa shape index (κ2) is 6.66. The van der Waals surface area contributed by atoms with E-state index in [0.29, 0.717) is 0 Å². The second-order valence-corrected chi connectivity index (χ2v) is 7.41. The first kappa shape index (κ1) is 18.8. The zero-order valence-electron chi connectivity index (χ0n) is 13.6. The van der Waals surface area contributed by atoms with Crippen molar-refractivity contribution in [2.75, 3.05) is 0 Å². The van der Waals surface area contributed by atoms with Crippen molar-refractivity contribution in [3.63, 3.8) is 0 Å². The summed E-state index contributed by atoms with van der Waals surface area (Å²) in [5.41, 5.74) is -2.53. The third-order valence-electron chi connectivity index (χ3n) is 3.98. The highest BCUT2D eigenvalue weighted by molar-refractivity contribution is 7.90. The maximum atomic E-state index is 12.8. The Kier molecular flexibility index (Phi) is 4.64. The lowest BCUT2D eigenvalue weighted by Crippen LogP contribution is -2.43. The molecule has 0 fully saturated rings. The van der Waals surface area contributed by atoms with Gasteiger partial charge in [-0.15, -0.1) is 0 Å². The van der Waals surface area contributed by atoms with Crippen molar-refractivity contribution in [3.05, 3.63) is 77.9 Å². The van der Waals surface area contributed by atoms with Crippen LogP contribution >= 0.6 is 0 Å². The number of nitrogens with zero attached hydrogens (tertiary/aromatic N) is 1. The van der Waals surface area contributed by atoms with Crippen LogP contribution in [0.1, 0.15) is 11.1 Å². The average molecular weight is 394 g/mol. The van der Waals surface area contributed by atoms with Gasteiger partial charge >= 0.3 is 6.18 Å². The molecule has 0 aliphatic carbocycles. The smallest absolute Gasteiger partial charge is 0.270 e. The maximum absolute atomic E-state index is 12.8. The Bertz CT molecular complexity index is 1000. The van der Waals surface area contributed by atoms with E-state index in [0.717, 1.165) is 24.3 Å². The number of halogens is 3. The van der Waals surface area contributed by atoms with Gasteiger partial charge in [-0.3, -0.25) is 9.79 Å². The molecule has 140 valence electrons. The van der Waals surface area contributed by atoms with Gasteiger partial charge in [0, 0.05) is 6.21 Å². The number of hydrogen-bond acceptors (Lipinski definition) is 4. The van der Waals surface area contributed by atoms with Crippen LogP contribution in [-0.4, -0.2) is 20.5 Å². The van der Waals surface area contributed by atoms with E-state index in [9.17, 15) is 26.4 Å². The fourth-order valence-corrected chi connectivity index (χ4v) is 3.63. The zero-order valence-corrected chi connectivity index (χ0v) is 14.5. The van der Waals surface area contributed by atoms with Gasteiger partial charge < -0.3 is 0 Å². The first-order valence-corrected chi connectivity index (χ1v) is 9.17. The lowest BCUT2D eigenvalue weighted by atomic mass is 9.90. The Morgan fingerprint density at radius 2 is 1.63 bits per heavy atom. The van der Waals surface area contributed by atoms with E-state index in [1.807, 2.05) is 4.72 Å². The topological polar surface area (TPSA) is 75.6 Å². The van der Waals surface area contributed by atoms with Gasteiger partial charge in [-0.05, 0) is 42.0 Å². The molecule has 3 rings (SSSR count). The average Bonchev–Trinajstić information content (AvgIpc) is 3.13. The Balaban J connectivity index is 1.95. The Morgan fingerprint density at radius 3 is 2.15 bits per heavy atom. The molecule has 2 aromatic rings. The number of hydrogen-bond donors (Lipinski definition) is 1. The van der Waals surface area contributed by atoms with E-state index >= 15 is 0 Å². The summed E-state index contributed by atoms with van der Waals surface area (Å²) in [4.78, 5) is 16.7. The van der Waals surface area contributed by atoms with Crippen LogP contribution < -0.4 is 4.72 Å². The molecule has 2 aromatic carbocycles. The summed E-state index contributed by atoms with van der Waals surface area (Å²) in [5.74, 6) is -0.990. The quantitative estimate of drug-likeness (QED) is 0.866. The van der Waals surface area contributed by atoms with Crippen molar-refractivity contribution in [2.45, 2.75) is 16.6 Å². The standard InChI is InChI=1S/C18H13F3N2O3S/c19-18(20,21)14-9-7-13(8-10-14)17(11-4-12-22-17)16(24)23-27(25,26)15-5-2-1-3-6-15/h1-12H,(H,23,24). The van der Waals surface area contributed by atoms with Crippen molar-refractivity contribution in [2.24, 2.45) is 4.99 Å². The van der Waals surface area contributed by atoms with Gasteiger partial charge in [0.1, 0.15) is 0 Å². The molecule has 1 aliphatic heterocycles. The number of sulfonamides is 1. The first-order valence-electron chi connectivity index (χ1n) is 7.68. The van der Waals surface area contributed by atoms with Gasteiger partial charge in [-0.25, -0.2) is 13.1 Å². The van der Waals surface area contributed by atoms with E-state index in [4.69, 9.17) is 0 Å². The predicted molar refractivity (Wildman–Crippen MR) is 92.5 cm³/mol. The van der Waals surface area contributed by atoms with Crippen LogP contribution in [0.4, 0.5) is 13.2 Å². The molecular weight excluding hydrogens is 381 g/mol. The summed E-state index contributed by atoms with van der Waals surface area (Å²) in [6, 6.07) is 11.1. The Labute approximate surface area is 153 Å². The van der Waals surface area contributed by atoms with Gasteiger partial charge in [0.05, 0.1) is 10.5 Å². The lowest BCUT2D eigenvalue weighted by molar-refractivity contribution is -0.137. The molecule has 9 heteroatoms. The molecule has 0 aromatic heterocycles. The van der Waals surface area contributed by atoms with Crippen LogP contribution in [0, 0.1) is 0 Å². The number of benzene rings is 2. The number of nitrogens with one attached hydrogen (secondary N) is 1. The minimum atomic E-state index is -4.53. The molecular formula is C18H13F3N2O3S. The Morgan fingerprint density at radius 1 is 1.00 bits per heavy atom. The van der Waals surface area contributed by atoms with Gasteiger partial charge in [0.2, 0.25) is 0 Å². The molecule has 0 radical (unpaired) electrons. The molecule has 5 nitrogen and oxygen atoms in total. The molecule has 1 unspecified atom stereocenters. The van der Waals surface area contributed by atoms with E-state index in [1.54, 1.807) is 6.07 Å². The molecule has 0 bridgehead atoms. The van der Waals surface area contributed by atoms with E-state index < -0.39 is 33.2 Å². The summed E-state index contributed by atoms with van der Waals surface area (Å²) in [5, 5.41) is 0. The molecule has 1 atom stereocenters. The normalized spacial score (nSPS) is 19.2. The SMILES string of the molecule is O=C(NS(=O)(=O)c1ccccc1)C1(c2ccc(C(F)(F)F)cc2)C=CC=N1. The summed E-state index contributed by atoms with van der Waals surface area (Å²) in [7, 11) is -4.16. The van der Waals surface area contributed by atoms with E-state index in [2.05, 4.69) is 4.99 Å².